The highest BCUT2D eigenvalue weighted by Crippen LogP contribution is 2.30. The van der Waals surface area contributed by atoms with Crippen LogP contribution in [0.1, 0.15) is 16.8 Å². The Kier molecular flexibility index (Phi) is 2.80. The first-order valence-corrected chi connectivity index (χ1v) is 5.29. The number of nitrogens with zero attached hydrogens (tertiary/aromatic N) is 2. The van der Waals surface area contributed by atoms with Gasteiger partial charge in [-0.3, -0.25) is 0 Å². The lowest BCUT2D eigenvalue weighted by Crippen LogP contribution is -2.07. The minimum Gasteiger partial charge on any atom is -0.384 e. The van der Waals surface area contributed by atoms with Crippen molar-refractivity contribution < 1.29 is 13.2 Å². The van der Waals surface area contributed by atoms with Crippen LogP contribution in [0.5, 0.6) is 0 Å². The molecule has 2 aromatic rings. The number of rotatable bonds is 1. The largest absolute Gasteiger partial charge is 0.435 e. The van der Waals surface area contributed by atoms with Gasteiger partial charge in [-0.2, -0.15) is 18.3 Å². The first kappa shape index (κ1) is 12.5. The number of aromatic nitrogens is 2. The first-order valence-electron chi connectivity index (χ1n) is 5.29. The van der Waals surface area contributed by atoms with Gasteiger partial charge in [0.15, 0.2) is 5.69 Å². The summed E-state index contributed by atoms with van der Waals surface area (Å²) in [4.78, 5) is 0. The second-order valence-electron chi connectivity index (χ2n) is 4.21. The van der Waals surface area contributed by atoms with Gasteiger partial charge in [0.1, 0.15) is 5.82 Å². The van der Waals surface area contributed by atoms with Gasteiger partial charge in [-0.1, -0.05) is 6.07 Å². The molecule has 0 saturated heterocycles. The van der Waals surface area contributed by atoms with Gasteiger partial charge in [0.25, 0.3) is 0 Å². The molecule has 1 aromatic heterocycles. The number of nitrogen functional groups attached to an aromatic ring is 1. The summed E-state index contributed by atoms with van der Waals surface area (Å²) in [6.07, 6.45) is -4.49. The van der Waals surface area contributed by atoms with E-state index in [-0.39, 0.29) is 5.82 Å². The fourth-order valence-electron chi connectivity index (χ4n) is 1.81. The van der Waals surface area contributed by atoms with Crippen molar-refractivity contribution in [3.05, 3.63) is 41.1 Å². The molecule has 0 spiro atoms. The molecule has 3 nitrogen and oxygen atoms in total. The summed E-state index contributed by atoms with van der Waals surface area (Å²) in [6.45, 7) is 3.72. The monoisotopic (exact) mass is 255 g/mol. The highest BCUT2D eigenvalue weighted by molar-refractivity contribution is 5.46. The minimum atomic E-state index is -4.49. The summed E-state index contributed by atoms with van der Waals surface area (Å²) in [5.41, 5.74) is 6.99. The Labute approximate surface area is 102 Å². The SMILES string of the molecule is Cc1cc(C)cc(-n2nc(C(F)(F)F)cc2N)c1. The molecule has 18 heavy (non-hydrogen) atoms. The van der Waals surface area contributed by atoms with Crippen molar-refractivity contribution in [3.8, 4) is 5.69 Å². The minimum absolute atomic E-state index is 0.0349. The van der Waals surface area contributed by atoms with E-state index < -0.39 is 11.9 Å². The standard InChI is InChI=1S/C12H12F3N3/c1-7-3-8(2)5-9(4-7)18-11(16)6-10(17-18)12(13,14)15/h3-6H,16H2,1-2H3. The van der Waals surface area contributed by atoms with Crippen molar-refractivity contribution >= 4 is 5.82 Å². The van der Waals surface area contributed by atoms with E-state index in [4.69, 9.17) is 5.73 Å². The molecule has 1 aromatic carbocycles. The lowest BCUT2D eigenvalue weighted by Gasteiger charge is -2.07. The molecule has 0 bridgehead atoms. The molecule has 0 fully saturated rings. The van der Waals surface area contributed by atoms with Crippen LogP contribution < -0.4 is 5.73 Å². The van der Waals surface area contributed by atoms with Crippen molar-refractivity contribution in [3.63, 3.8) is 0 Å². The van der Waals surface area contributed by atoms with Gasteiger partial charge in [0.2, 0.25) is 0 Å². The highest BCUT2D eigenvalue weighted by atomic mass is 19.4. The molecule has 2 rings (SSSR count). The Hall–Kier alpha value is -1.98. The van der Waals surface area contributed by atoms with Crippen LogP contribution in [-0.4, -0.2) is 9.78 Å². The molecule has 0 amide bonds. The van der Waals surface area contributed by atoms with E-state index in [0.29, 0.717) is 5.69 Å². The van der Waals surface area contributed by atoms with Gasteiger partial charge in [-0.15, -0.1) is 0 Å². The molecule has 0 saturated carbocycles. The topological polar surface area (TPSA) is 43.8 Å². The van der Waals surface area contributed by atoms with Gasteiger partial charge in [0.05, 0.1) is 5.69 Å². The maximum atomic E-state index is 12.5. The van der Waals surface area contributed by atoms with E-state index in [0.717, 1.165) is 21.9 Å². The smallest absolute Gasteiger partial charge is 0.384 e. The zero-order chi connectivity index (χ0) is 13.5. The number of alkyl halides is 3. The Bertz CT molecular complexity index is 564. The number of hydrogen-bond donors (Lipinski definition) is 1. The first-order chi connectivity index (χ1) is 8.27. The third kappa shape index (κ3) is 2.32. The molecule has 0 aliphatic heterocycles. The summed E-state index contributed by atoms with van der Waals surface area (Å²) in [6, 6.07) is 6.22. The summed E-state index contributed by atoms with van der Waals surface area (Å²) < 4.78 is 38.7. The normalized spacial score (nSPS) is 11.8. The Morgan fingerprint density at radius 2 is 1.61 bits per heavy atom. The summed E-state index contributed by atoms with van der Waals surface area (Å²) in [5.74, 6) is -0.0349. The molecule has 0 unspecified atom stereocenters. The molecule has 1 heterocycles. The van der Waals surface area contributed by atoms with Gasteiger partial charge >= 0.3 is 6.18 Å². The van der Waals surface area contributed by atoms with Crippen LogP contribution in [0.3, 0.4) is 0 Å². The van der Waals surface area contributed by atoms with Gasteiger partial charge < -0.3 is 5.73 Å². The van der Waals surface area contributed by atoms with Crippen LogP contribution in [0.2, 0.25) is 0 Å². The summed E-state index contributed by atoms with van der Waals surface area (Å²) in [5, 5.41) is 3.50. The highest BCUT2D eigenvalue weighted by Gasteiger charge is 2.34. The van der Waals surface area contributed by atoms with E-state index in [1.165, 1.54) is 0 Å². The second kappa shape index (κ2) is 4.04. The third-order valence-electron chi connectivity index (χ3n) is 2.48. The van der Waals surface area contributed by atoms with E-state index >= 15 is 0 Å². The third-order valence-corrected chi connectivity index (χ3v) is 2.48. The molecule has 0 radical (unpaired) electrons. The number of aryl methyl sites for hydroxylation is 2. The molecular formula is C12H12F3N3. The maximum Gasteiger partial charge on any atom is 0.435 e. The molecule has 0 atom stereocenters. The lowest BCUT2D eigenvalue weighted by atomic mass is 10.1. The Balaban J connectivity index is 2.54. The van der Waals surface area contributed by atoms with Crippen LogP contribution >= 0.6 is 0 Å². The summed E-state index contributed by atoms with van der Waals surface area (Å²) in [7, 11) is 0. The van der Waals surface area contributed by atoms with E-state index in [2.05, 4.69) is 5.10 Å². The van der Waals surface area contributed by atoms with Crippen LogP contribution in [0.15, 0.2) is 24.3 Å². The quantitative estimate of drug-likeness (QED) is 0.851. The second-order valence-corrected chi connectivity index (χ2v) is 4.21. The molecule has 2 N–H and O–H groups in total. The molecule has 0 aliphatic rings. The average Bonchev–Trinajstić information content (AvgIpc) is 2.58. The van der Waals surface area contributed by atoms with Gasteiger partial charge in [0, 0.05) is 6.07 Å². The number of nitrogens with two attached hydrogens (primary N) is 1. The van der Waals surface area contributed by atoms with Crippen LogP contribution in [0.4, 0.5) is 19.0 Å². The van der Waals surface area contributed by atoms with Crippen molar-refractivity contribution in [2.45, 2.75) is 20.0 Å². The number of halogens is 3. The maximum absolute atomic E-state index is 12.5. The van der Waals surface area contributed by atoms with E-state index in [1.54, 1.807) is 12.1 Å². The Morgan fingerprint density at radius 3 is 2.06 bits per heavy atom. The zero-order valence-corrected chi connectivity index (χ0v) is 9.92. The van der Waals surface area contributed by atoms with Crippen LogP contribution in [0, 0.1) is 13.8 Å². The van der Waals surface area contributed by atoms with Crippen molar-refractivity contribution in [1.82, 2.24) is 9.78 Å². The van der Waals surface area contributed by atoms with Crippen LogP contribution in [0.25, 0.3) is 5.69 Å². The molecule has 6 heteroatoms. The molecular weight excluding hydrogens is 243 g/mol. The number of benzene rings is 1. The Morgan fingerprint density at radius 1 is 1.06 bits per heavy atom. The van der Waals surface area contributed by atoms with Crippen LogP contribution in [-0.2, 0) is 6.18 Å². The van der Waals surface area contributed by atoms with Gasteiger partial charge in [-0.05, 0) is 37.1 Å². The van der Waals surface area contributed by atoms with Gasteiger partial charge in [-0.25, -0.2) is 4.68 Å². The fourth-order valence-corrected chi connectivity index (χ4v) is 1.81. The predicted octanol–water partition coefficient (Wildman–Crippen LogP) is 3.09. The number of hydrogen-bond acceptors (Lipinski definition) is 2. The zero-order valence-electron chi connectivity index (χ0n) is 9.92. The van der Waals surface area contributed by atoms with Crippen molar-refractivity contribution in [2.24, 2.45) is 0 Å². The fraction of sp³-hybridized carbons (Fsp3) is 0.250. The summed E-state index contributed by atoms with van der Waals surface area (Å²) >= 11 is 0. The lowest BCUT2D eigenvalue weighted by molar-refractivity contribution is -0.141. The van der Waals surface area contributed by atoms with E-state index in [9.17, 15) is 13.2 Å². The molecule has 96 valence electrons. The average molecular weight is 255 g/mol. The van der Waals surface area contributed by atoms with Crippen molar-refractivity contribution in [2.75, 3.05) is 5.73 Å². The number of anilines is 1. The van der Waals surface area contributed by atoms with Crippen molar-refractivity contribution in [1.29, 1.82) is 0 Å². The molecule has 0 aliphatic carbocycles. The predicted molar refractivity (Wildman–Crippen MR) is 62.5 cm³/mol. The van der Waals surface area contributed by atoms with E-state index in [1.807, 2.05) is 19.9 Å².